The topological polar surface area (TPSA) is 61.5 Å². The van der Waals surface area contributed by atoms with Crippen molar-refractivity contribution >= 4 is 11.7 Å². The number of rotatable bonds is 5. The van der Waals surface area contributed by atoms with E-state index in [4.69, 9.17) is 15.2 Å². The predicted molar refractivity (Wildman–Crippen MR) is 82.3 cm³/mol. The van der Waals surface area contributed by atoms with Crippen LogP contribution in [0.15, 0.2) is 42.5 Å². The highest BCUT2D eigenvalue weighted by molar-refractivity contribution is 5.93. The quantitative estimate of drug-likeness (QED) is 0.677. The smallest absolute Gasteiger partial charge is 0.341 e. The molecule has 2 aromatic rings. The summed E-state index contributed by atoms with van der Waals surface area (Å²) in [4.78, 5) is 11.7. The molecular formula is C17H19NO3. The van der Waals surface area contributed by atoms with Gasteiger partial charge in [-0.1, -0.05) is 31.2 Å². The van der Waals surface area contributed by atoms with E-state index in [2.05, 4.69) is 19.1 Å². The number of nitrogen functional groups attached to an aromatic ring is 1. The van der Waals surface area contributed by atoms with Gasteiger partial charge in [0.05, 0.1) is 7.11 Å². The molecule has 2 N–H and O–H groups in total. The number of ether oxygens (including phenoxy) is 2. The van der Waals surface area contributed by atoms with Crippen molar-refractivity contribution in [2.24, 2.45) is 0 Å². The van der Waals surface area contributed by atoms with Crippen LogP contribution >= 0.6 is 0 Å². The molecule has 0 saturated heterocycles. The van der Waals surface area contributed by atoms with E-state index in [1.54, 1.807) is 18.2 Å². The molecule has 2 rings (SSSR count). The largest absolute Gasteiger partial charge is 0.488 e. The lowest BCUT2D eigenvalue weighted by atomic mass is 10.1. The summed E-state index contributed by atoms with van der Waals surface area (Å²) in [5.74, 6) is -0.00671. The first-order valence-electron chi connectivity index (χ1n) is 6.82. The van der Waals surface area contributed by atoms with Gasteiger partial charge in [0, 0.05) is 11.8 Å². The average molecular weight is 285 g/mol. The molecule has 0 bridgehead atoms. The van der Waals surface area contributed by atoms with Gasteiger partial charge in [0.1, 0.15) is 17.9 Å². The molecule has 4 heteroatoms. The Hall–Kier alpha value is -2.49. The lowest BCUT2D eigenvalue weighted by Gasteiger charge is -2.11. The highest BCUT2D eigenvalue weighted by Crippen LogP contribution is 2.23. The van der Waals surface area contributed by atoms with Gasteiger partial charge in [-0.3, -0.25) is 0 Å². The van der Waals surface area contributed by atoms with Gasteiger partial charge in [0.25, 0.3) is 0 Å². The van der Waals surface area contributed by atoms with Gasteiger partial charge < -0.3 is 15.2 Å². The third kappa shape index (κ3) is 3.75. The minimum Gasteiger partial charge on any atom is -0.488 e. The molecule has 0 unspecified atom stereocenters. The average Bonchev–Trinajstić information content (AvgIpc) is 2.52. The summed E-state index contributed by atoms with van der Waals surface area (Å²) in [6.45, 7) is 2.48. The molecule has 0 heterocycles. The Morgan fingerprint density at radius 1 is 1.10 bits per heavy atom. The summed E-state index contributed by atoms with van der Waals surface area (Å²) in [7, 11) is 1.34. The Labute approximate surface area is 124 Å². The van der Waals surface area contributed by atoms with Crippen LogP contribution in [0.4, 0.5) is 5.69 Å². The maximum atomic E-state index is 11.7. The van der Waals surface area contributed by atoms with Gasteiger partial charge in [-0.05, 0) is 29.7 Å². The number of aryl methyl sites for hydroxylation is 1. The number of benzene rings is 2. The number of nitrogens with two attached hydrogens (primary N) is 1. The van der Waals surface area contributed by atoms with Crippen LogP contribution in [0.25, 0.3) is 0 Å². The summed E-state index contributed by atoms with van der Waals surface area (Å²) < 4.78 is 10.5. The Balaban J connectivity index is 2.14. The molecule has 0 spiro atoms. The van der Waals surface area contributed by atoms with Crippen LogP contribution in [-0.2, 0) is 17.8 Å². The lowest BCUT2D eigenvalue weighted by Crippen LogP contribution is -2.06. The van der Waals surface area contributed by atoms with Crippen LogP contribution < -0.4 is 10.5 Å². The van der Waals surface area contributed by atoms with Crippen molar-refractivity contribution in [3.05, 3.63) is 59.2 Å². The van der Waals surface area contributed by atoms with Gasteiger partial charge in [0.15, 0.2) is 0 Å². The van der Waals surface area contributed by atoms with Crippen molar-refractivity contribution in [2.75, 3.05) is 12.8 Å². The van der Waals surface area contributed by atoms with Gasteiger partial charge in [-0.15, -0.1) is 0 Å². The molecule has 0 fully saturated rings. The van der Waals surface area contributed by atoms with Crippen molar-refractivity contribution in [1.82, 2.24) is 0 Å². The first-order chi connectivity index (χ1) is 10.1. The maximum Gasteiger partial charge on any atom is 0.341 e. The molecular weight excluding hydrogens is 266 g/mol. The molecule has 0 amide bonds. The van der Waals surface area contributed by atoms with E-state index in [0.717, 1.165) is 12.0 Å². The fraction of sp³-hybridized carbons (Fsp3) is 0.235. The fourth-order valence-corrected chi connectivity index (χ4v) is 1.97. The first-order valence-corrected chi connectivity index (χ1v) is 6.82. The highest BCUT2D eigenvalue weighted by Gasteiger charge is 2.13. The number of carbonyl (C=O) groups excluding carboxylic acids is 1. The van der Waals surface area contributed by atoms with E-state index in [1.807, 2.05) is 12.1 Å². The Morgan fingerprint density at radius 2 is 1.76 bits per heavy atom. The molecule has 21 heavy (non-hydrogen) atoms. The van der Waals surface area contributed by atoms with Gasteiger partial charge in [-0.25, -0.2) is 4.79 Å². The van der Waals surface area contributed by atoms with Gasteiger partial charge in [0.2, 0.25) is 0 Å². The van der Waals surface area contributed by atoms with Crippen LogP contribution in [0.5, 0.6) is 5.75 Å². The van der Waals surface area contributed by atoms with Gasteiger partial charge in [-0.2, -0.15) is 0 Å². The van der Waals surface area contributed by atoms with Crippen LogP contribution in [0, 0.1) is 0 Å². The van der Waals surface area contributed by atoms with Crippen molar-refractivity contribution in [1.29, 1.82) is 0 Å². The zero-order valence-corrected chi connectivity index (χ0v) is 12.3. The Kier molecular flexibility index (Phi) is 4.82. The Morgan fingerprint density at radius 3 is 2.38 bits per heavy atom. The summed E-state index contributed by atoms with van der Waals surface area (Å²) in [6, 6.07) is 13.1. The summed E-state index contributed by atoms with van der Waals surface area (Å²) in [5, 5.41) is 0. The van der Waals surface area contributed by atoms with Crippen molar-refractivity contribution in [3.8, 4) is 5.75 Å². The van der Waals surface area contributed by atoms with E-state index in [9.17, 15) is 4.79 Å². The van der Waals surface area contributed by atoms with Crippen molar-refractivity contribution in [3.63, 3.8) is 0 Å². The Bertz CT molecular complexity index is 620. The summed E-state index contributed by atoms with van der Waals surface area (Å²) in [6.07, 6.45) is 1.00. The number of hydrogen-bond acceptors (Lipinski definition) is 4. The second-order valence-electron chi connectivity index (χ2n) is 4.71. The number of esters is 1. The van der Waals surface area contributed by atoms with Crippen molar-refractivity contribution in [2.45, 2.75) is 20.0 Å². The molecule has 0 aromatic heterocycles. The van der Waals surface area contributed by atoms with Crippen LogP contribution in [0.1, 0.15) is 28.4 Å². The fourth-order valence-electron chi connectivity index (χ4n) is 1.97. The molecule has 0 aliphatic rings. The third-order valence-corrected chi connectivity index (χ3v) is 3.24. The number of hydrogen-bond donors (Lipinski definition) is 1. The zero-order chi connectivity index (χ0) is 15.2. The standard InChI is InChI=1S/C17H19NO3/c1-3-12-4-6-13(7-5-12)11-21-16-10-14(18)8-9-15(16)17(19)20-2/h4-10H,3,11,18H2,1-2H3. The van der Waals surface area contributed by atoms with Gasteiger partial charge >= 0.3 is 5.97 Å². The minimum absolute atomic E-state index is 0.372. The normalized spacial score (nSPS) is 10.2. The predicted octanol–water partition coefficient (Wildman–Crippen LogP) is 3.20. The number of carbonyl (C=O) groups is 1. The van der Waals surface area contributed by atoms with Crippen LogP contribution in [-0.4, -0.2) is 13.1 Å². The lowest BCUT2D eigenvalue weighted by molar-refractivity contribution is 0.0595. The second kappa shape index (κ2) is 6.79. The molecule has 0 radical (unpaired) electrons. The molecule has 0 aliphatic heterocycles. The number of anilines is 1. The summed E-state index contributed by atoms with van der Waals surface area (Å²) in [5.41, 5.74) is 8.97. The maximum absolute atomic E-state index is 11.7. The van der Waals surface area contributed by atoms with E-state index in [-0.39, 0.29) is 0 Å². The third-order valence-electron chi connectivity index (χ3n) is 3.24. The monoisotopic (exact) mass is 285 g/mol. The minimum atomic E-state index is -0.439. The van der Waals surface area contributed by atoms with E-state index in [1.165, 1.54) is 12.7 Å². The molecule has 0 aliphatic carbocycles. The van der Waals surface area contributed by atoms with E-state index >= 15 is 0 Å². The number of methoxy groups -OCH3 is 1. The molecule has 0 saturated carbocycles. The highest BCUT2D eigenvalue weighted by atomic mass is 16.5. The first kappa shape index (κ1) is 14.9. The molecule has 2 aromatic carbocycles. The van der Waals surface area contributed by atoms with Crippen LogP contribution in [0.2, 0.25) is 0 Å². The zero-order valence-electron chi connectivity index (χ0n) is 12.3. The van der Waals surface area contributed by atoms with E-state index in [0.29, 0.717) is 23.6 Å². The molecule has 0 atom stereocenters. The van der Waals surface area contributed by atoms with Crippen LogP contribution in [0.3, 0.4) is 0 Å². The summed E-state index contributed by atoms with van der Waals surface area (Å²) >= 11 is 0. The molecule has 110 valence electrons. The second-order valence-corrected chi connectivity index (χ2v) is 4.71. The SMILES string of the molecule is CCc1ccc(COc2cc(N)ccc2C(=O)OC)cc1. The van der Waals surface area contributed by atoms with E-state index < -0.39 is 5.97 Å². The molecule has 4 nitrogen and oxygen atoms in total. The van der Waals surface area contributed by atoms with Crippen molar-refractivity contribution < 1.29 is 14.3 Å².